The van der Waals surface area contributed by atoms with Crippen LogP contribution in [-0.4, -0.2) is 9.97 Å². The number of rotatable bonds is 4. The summed E-state index contributed by atoms with van der Waals surface area (Å²) in [5.74, 6) is 0.351. The van der Waals surface area contributed by atoms with Crippen molar-refractivity contribution in [3.05, 3.63) is 41.5 Å². The number of aromatic nitrogens is 2. The van der Waals surface area contributed by atoms with E-state index in [9.17, 15) is 0 Å². The third kappa shape index (κ3) is 2.57. The third-order valence-corrected chi connectivity index (χ3v) is 2.13. The Kier molecular flexibility index (Phi) is 3.65. The van der Waals surface area contributed by atoms with Crippen molar-refractivity contribution in [2.75, 3.05) is 0 Å². The van der Waals surface area contributed by atoms with Crippen LogP contribution < -0.4 is 0 Å². The zero-order valence-corrected chi connectivity index (χ0v) is 9.03. The topological polar surface area (TPSA) is 31.6 Å². The van der Waals surface area contributed by atoms with Gasteiger partial charge >= 0.3 is 0 Å². The first-order chi connectivity index (χ1) is 6.67. The van der Waals surface area contributed by atoms with E-state index in [0.717, 1.165) is 11.4 Å². The monoisotopic (exact) mass is 206 g/mol. The van der Waals surface area contributed by atoms with Crippen molar-refractivity contribution in [3.63, 3.8) is 0 Å². The van der Waals surface area contributed by atoms with E-state index in [1.165, 1.54) is 0 Å². The first-order valence-corrected chi connectivity index (χ1v) is 4.83. The minimum Gasteiger partial charge on any atom is -0.331 e. The molecule has 0 bridgehead atoms. The third-order valence-electron chi connectivity index (χ3n) is 1.93. The summed E-state index contributed by atoms with van der Waals surface area (Å²) < 4.78 is 0.616. The van der Waals surface area contributed by atoms with Crippen LogP contribution in [0.5, 0.6) is 0 Å². The quantitative estimate of drug-likeness (QED) is 0.573. The molecule has 1 aromatic heterocycles. The Bertz CT molecular complexity index is 409. The molecule has 1 aromatic rings. The van der Waals surface area contributed by atoms with Gasteiger partial charge in [-0.05, 0) is 30.3 Å². The molecule has 1 atom stereocenters. The molecule has 1 rings (SSSR count). The SMILES string of the molecule is C=Cc1[nH]c(=S)[nH]c1/C=C\C(C)C=C. The van der Waals surface area contributed by atoms with Crippen LogP contribution in [0.1, 0.15) is 18.3 Å². The highest BCUT2D eigenvalue weighted by molar-refractivity contribution is 7.71. The van der Waals surface area contributed by atoms with E-state index in [1.807, 2.05) is 12.2 Å². The van der Waals surface area contributed by atoms with E-state index in [1.54, 1.807) is 6.08 Å². The lowest BCUT2D eigenvalue weighted by atomic mass is 10.1. The van der Waals surface area contributed by atoms with E-state index in [2.05, 4.69) is 36.1 Å². The average Bonchev–Trinajstić information content (AvgIpc) is 2.55. The predicted molar refractivity (Wildman–Crippen MR) is 64.5 cm³/mol. The number of H-pyrrole nitrogens is 2. The Morgan fingerprint density at radius 1 is 1.29 bits per heavy atom. The molecule has 74 valence electrons. The van der Waals surface area contributed by atoms with Gasteiger partial charge < -0.3 is 9.97 Å². The first kappa shape index (κ1) is 10.7. The number of nitrogens with one attached hydrogen (secondary N) is 2. The Hall–Kier alpha value is -1.35. The van der Waals surface area contributed by atoms with Gasteiger partial charge in [0, 0.05) is 0 Å². The predicted octanol–water partition coefficient (Wildman–Crippen LogP) is 3.55. The van der Waals surface area contributed by atoms with Gasteiger partial charge in [0.15, 0.2) is 4.77 Å². The Labute approximate surface area is 89.1 Å². The van der Waals surface area contributed by atoms with Crippen LogP contribution in [0.4, 0.5) is 0 Å². The number of allylic oxidation sites excluding steroid dienone is 2. The van der Waals surface area contributed by atoms with E-state index in [4.69, 9.17) is 12.2 Å². The summed E-state index contributed by atoms with van der Waals surface area (Å²) in [5, 5.41) is 0. The van der Waals surface area contributed by atoms with Crippen molar-refractivity contribution < 1.29 is 0 Å². The van der Waals surface area contributed by atoms with Gasteiger partial charge in [0.25, 0.3) is 0 Å². The molecule has 1 unspecified atom stereocenters. The molecular weight excluding hydrogens is 192 g/mol. The second-order valence-corrected chi connectivity index (χ2v) is 3.47. The van der Waals surface area contributed by atoms with Crippen LogP contribution in [-0.2, 0) is 0 Å². The van der Waals surface area contributed by atoms with Gasteiger partial charge in [-0.1, -0.05) is 25.7 Å². The molecule has 3 heteroatoms. The average molecular weight is 206 g/mol. The summed E-state index contributed by atoms with van der Waals surface area (Å²) in [6.07, 6.45) is 7.65. The molecule has 2 N–H and O–H groups in total. The summed E-state index contributed by atoms with van der Waals surface area (Å²) in [5.41, 5.74) is 1.88. The zero-order valence-electron chi connectivity index (χ0n) is 8.21. The molecule has 0 aliphatic carbocycles. The highest BCUT2D eigenvalue weighted by Crippen LogP contribution is 2.09. The molecule has 0 spiro atoms. The molecule has 0 aliphatic rings. The highest BCUT2D eigenvalue weighted by atomic mass is 32.1. The van der Waals surface area contributed by atoms with Crippen LogP contribution >= 0.6 is 12.2 Å². The molecule has 2 nitrogen and oxygen atoms in total. The molecule has 0 fully saturated rings. The maximum absolute atomic E-state index is 4.98. The Balaban J connectivity index is 2.95. The number of imidazole rings is 1. The van der Waals surface area contributed by atoms with Crippen molar-refractivity contribution >= 4 is 24.4 Å². The van der Waals surface area contributed by atoms with Crippen LogP contribution in [0.25, 0.3) is 12.2 Å². The molecule has 0 saturated heterocycles. The van der Waals surface area contributed by atoms with Crippen molar-refractivity contribution in [2.24, 2.45) is 5.92 Å². The fourth-order valence-electron chi connectivity index (χ4n) is 1.03. The number of hydrogen-bond acceptors (Lipinski definition) is 1. The van der Waals surface area contributed by atoms with Crippen molar-refractivity contribution in [1.82, 2.24) is 9.97 Å². The largest absolute Gasteiger partial charge is 0.331 e. The first-order valence-electron chi connectivity index (χ1n) is 4.43. The van der Waals surface area contributed by atoms with Crippen molar-refractivity contribution in [2.45, 2.75) is 6.92 Å². The molecule has 14 heavy (non-hydrogen) atoms. The normalized spacial score (nSPS) is 12.9. The van der Waals surface area contributed by atoms with Gasteiger partial charge in [0.05, 0.1) is 11.4 Å². The van der Waals surface area contributed by atoms with Gasteiger partial charge in [-0.25, -0.2) is 0 Å². The van der Waals surface area contributed by atoms with Gasteiger partial charge in [0.1, 0.15) is 0 Å². The fourth-order valence-corrected chi connectivity index (χ4v) is 1.25. The summed E-state index contributed by atoms with van der Waals surface area (Å²) in [6, 6.07) is 0. The lowest BCUT2D eigenvalue weighted by Gasteiger charge is -1.95. The van der Waals surface area contributed by atoms with E-state index >= 15 is 0 Å². The standard InChI is InChI=1S/C11H14N2S/c1-4-8(3)6-7-10-9(5-2)12-11(14)13-10/h4-8H,1-2H2,3H3,(H2,12,13,14)/b7-6-. The fraction of sp³-hybridized carbons (Fsp3) is 0.182. The highest BCUT2D eigenvalue weighted by Gasteiger charge is 1.97. The van der Waals surface area contributed by atoms with Crippen LogP contribution in [0.2, 0.25) is 0 Å². The molecule has 0 saturated carbocycles. The zero-order chi connectivity index (χ0) is 10.6. The lowest BCUT2D eigenvalue weighted by molar-refractivity contribution is 0.949. The van der Waals surface area contributed by atoms with Crippen LogP contribution in [0, 0.1) is 10.7 Å². The summed E-state index contributed by atoms with van der Waals surface area (Å²) in [7, 11) is 0. The van der Waals surface area contributed by atoms with Crippen LogP contribution in [0.3, 0.4) is 0 Å². The second kappa shape index (κ2) is 4.77. The van der Waals surface area contributed by atoms with Crippen molar-refractivity contribution in [1.29, 1.82) is 0 Å². The van der Waals surface area contributed by atoms with E-state index in [0.29, 0.717) is 10.7 Å². The van der Waals surface area contributed by atoms with E-state index < -0.39 is 0 Å². The molecule has 0 aliphatic heterocycles. The van der Waals surface area contributed by atoms with Crippen molar-refractivity contribution in [3.8, 4) is 0 Å². The minimum absolute atomic E-state index is 0.351. The summed E-state index contributed by atoms with van der Waals surface area (Å²) in [4.78, 5) is 6.04. The molecule has 0 aromatic carbocycles. The molecule has 0 radical (unpaired) electrons. The number of aromatic amines is 2. The maximum Gasteiger partial charge on any atom is 0.175 e. The summed E-state index contributed by atoms with van der Waals surface area (Å²) in [6.45, 7) is 9.48. The molecule has 1 heterocycles. The molecular formula is C11H14N2S. The number of hydrogen-bond donors (Lipinski definition) is 2. The van der Waals surface area contributed by atoms with E-state index in [-0.39, 0.29) is 0 Å². The van der Waals surface area contributed by atoms with Gasteiger partial charge in [-0.3, -0.25) is 0 Å². The van der Waals surface area contributed by atoms with Gasteiger partial charge in [-0.2, -0.15) is 0 Å². The van der Waals surface area contributed by atoms with Crippen LogP contribution in [0.15, 0.2) is 25.3 Å². The molecule has 0 amide bonds. The Morgan fingerprint density at radius 3 is 2.50 bits per heavy atom. The minimum atomic E-state index is 0.351. The smallest absolute Gasteiger partial charge is 0.175 e. The second-order valence-electron chi connectivity index (χ2n) is 3.06. The lowest BCUT2D eigenvalue weighted by Crippen LogP contribution is -1.82. The maximum atomic E-state index is 4.98. The van der Waals surface area contributed by atoms with Gasteiger partial charge in [-0.15, -0.1) is 6.58 Å². The Morgan fingerprint density at radius 2 is 1.93 bits per heavy atom. The van der Waals surface area contributed by atoms with Gasteiger partial charge in [0.2, 0.25) is 0 Å². The summed E-state index contributed by atoms with van der Waals surface area (Å²) >= 11 is 4.98.